The number of rotatable bonds is 8. The van der Waals surface area contributed by atoms with Gasteiger partial charge in [-0.3, -0.25) is 4.79 Å². The highest BCUT2D eigenvalue weighted by atomic mass is 79.9. The van der Waals surface area contributed by atoms with Gasteiger partial charge in [0.2, 0.25) is 0 Å². The van der Waals surface area contributed by atoms with Gasteiger partial charge in [-0.2, -0.15) is 5.10 Å². The lowest BCUT2D eigenvalue weighted by Gasteiger charge is -2.09. The van der Waals surface area contributed by atoms with Crippen LogP contribution < -0.4 is 14.9 Å². The minimum Gasteiger partial charge on any atom is -0.488 e. The minimum atomic E-state index is -0.381. The average molecular weight is 474 g/mol. The maximum Gasteiger partial charge on any atom is 0.277 e. The second-order valence-electron chi connectivity index (χ2n) is 6.00. The summed E-state index contributed by atoms with van der Waals surface area (Å²) in [5.41, 5.74) is 4.22. The summed E-state index contributed by atoms with van der Waals surface area (Å²) in [5.74, 6) is 0.803. The van der Waals surface area contributed by atoms with Gasteiger partial charge in [0.05, 0.1) is 6.21 Å². The van der Waals surface area contributed by atoms with E-state index in [1.807, 2.05) is 48.5 Å². The number of benzene rings is 3. The van der Waals surface area contributed by atoms with E-state index >= 15 is 0 Å². The lowest BCUT2D eigenvalue weighted by molar-refractivity contribution is -0.123. The molecule has 148 valence electrons. The Morgan fingerprint density at radius 3 is 2.69 bits per heavy atom. The molecule has 0 radical (unpaired) electrons. The molecule has 0 aromatic heterocycles. The maximum atomic E-state index is 11.9. The Hall–Kier alpha value is -2.83. The predicted molar refractivity (Wildman–Crippen MR) is 118 cm³/mol. The number of hydrazone groups is 1. The molecule has 29 heavy (non-hydrogen) atoms. The molecular weight excluding hydrogens is 456 g/mol. The van der Waals surface area contributed by atoms with Crippen molar-refractivity contribution in [2.45, 2.75) is 6.61 Å². The van der Waals surface area contributed by atoms with Gasteiger partial charge >= 0.3 is 0 Å². The number of carbonyl (C=O) groups excluding carboxylic acids is 1. The normalized spacial score (nSPS) is 10.7. The van der Waals surface area contributed by atoms with Gasteiger partial charge in [-0.1, -0.05) is 57.9 Å². The zero-order valence-corrected chi connectivity index (χ0v) is 17.7. The lowest BCUT2D eigenvalue weighted by Crippen LogP contribution is -2.24. The Kier molecular flexibility index (Phi) is 7.67. The highest BCUT2D eigenvalue weighted by Gasteiger charge is 2.04. The zero-order chi connectivity index (χ0) is 20.5. The van der Waals surface area contributed by atoms with Crippen LogP contribution in [0.4, 0.5) is 0 Å². The molecule has 0 heterocycles. The molecule has 0 atom stereocenters. The van der Waals surface area contributed by atoms with Crippen LogP contribution in [0.1, 0.15) is 11.1 Å². The highest BCUT2D eigenvalue weighted by Crippen LogP contribution is 2.19. The molecule has 0 aliphatic rings. The minimum absolute atomic E-state index is 0.168. The number of ether oxygens (including phenoxy) is 2. The van der Waals surface area contributed by atoms with Gasteiger partial charge < -0.3 is 9.47 Å². The van der Waals surface area contributed by atoms with Gasteiger partial charge in [0.1, 0.15) is 18.1 Å². The molecular formula is C22H18BrClN2O3. The standard InChI is InChI=1S/C22H18BrClN2O3/c23-18-7-3-5-16(11-18)14-29-21-10-2-1-6-17(21)13-25-26-22(27)15-28-20-9-4-8-19(24)12-20/h1-13H,14-15H2,(H,26,27)/b25-13+. The van der Waals surface area contributed by atoms with Crippen LogP contribution in [0.3, 0.4) is 0 Å². The molecule has 0 bridgehead atoms. The van der Waals surface area contributed by atoms with Crippen LogP contribution in [0.25, 0.3) is 0 Å². The van der Waals surface area contributed by atoms with E-state index in [2.05, 4.69) is 26.5 Å². The van der Waals surface area contributed by atoms with Crippen LogP contribution in [0, 0.1) is 0 Å². The van der Waals surface area contributed by atoms with Crippen molar-refractivity contribution < 1.29 is 14.3 Å². The van der Waals surface area contributed by atoms with E-state index in [0.29, 0.717) is 23.1 Å². The molecule has 0 unspecified atom stereocenters. The number of para-hydroxylation sites is 1. The third-order valence-electron chi connectivity index (χ3n) is 3.76. The van der Waals surface area contributed by atoms with Crippen LogP contribution in [-0.2, 0) is 11.4 Å². The Morgan fingerprint density at radius 1 is 1.03 bits per heavy atom. The number of nitrogens with zero attached hydrogens (tertiary/aromatic N) is 1. The Balaban J connectivity index is 1.53. The molecule has 3 rings (SSSR count). The van der Waals surface area contributed by atoms with Crippen molar-refractivity contribution in [2.75, 3.05) is 6.61 Å². The molecule has 0 spiro atoms. The first-order chi connectivity index (χ1) is 14.1. The Morgan fingerprint density at radius 2 is 1.86 bits per heavy atom. The number of nitrogens with one attached hydrogen (secondary N) is 1. The van der Waals surface area contributed by atoms with Crippen LogP contribution in [0.2, 0.25) is 5.02 Å². The monoisotopic (exact) mass is 472 g/mol. The SMILES string of the molecule is O=C(COc1cccc(Cl)c1)N/N=C/c1ccccc1OCc1cccc(Br)c1. The van der Waals surface area contributed by atoms with Crippen molar-refractivity contribution in [1.82, 2.24) is 5.43 Å². The molecule has 0 aliphatic carbocycles. The van der Waals surface area contributed by atoms with Gasteiger partial charge in [0.15, 0.2) is 6.61 Å². The van der Waals surface area contributed by atoms with E-state index in [0.717, 1.165) is 15.6 Å². The summed E-state index contributed by atoms with van der Waals surface area (Å²) in [5, 5.41) is 4.53. The van der Waals surface area contributed by atoms with Crippen molar-refractivity contribution >= 4 is 39.7 Å². The third kappa shape index (κ3) is 6.93. The topological polar surface area (TPSA) is 59.9 Å². The van der Waals surface area contributed by atoms with Crippen LogP contribution in [0.15, 0.2) is 82.4 Å². The number of carbonyl (C=O) groups is 1. The molecule has 1 N–H and O–H groups in total. The molecule has 3 aromatic rings. The first-order valence-electron chi connectivity index (χ1n) is 8.77. The van der Waals surface area contributed by atoms with Gasteiger partial charge in [-0.05, 0) is 48.0 Å². The molecule has 3 aromatic carbocycles. The van der Waals surface area contributed by atoms with Crippen molar-refractivity contribution in [3.05, 3.63) is 93.4 Å². The summed E-state index contributed by atoms with van der Waals surface area (Å²) in [6.45, 7) is 0.253. The van der Waals surface area contributed by atoms with E-state index in [-0.39, 0.29) is 12.5 Å². The Labute approximate surface area is 182 Å². The Bertz CT molecular complexity index is 1010. The summed E-state index contributed by atoms with van der Waals surface area (Å²) in [7, 11) is 0. The fraction of sp³-hybridized carbons (Fsp3) is 0.0909. The summed E-state index contributed by atoms with van der Waals surface area (Å²) >= 11 is 9.33. The fourth-order valence-electron chi connectivity index (χ4n) is 2.42. The highest BCUT2D eigenvalue weighted by molar-refractivity contribution is 9.10. The van der Waals surface area contributed by atoms with Crippen LogP contribution in [-0.4, -0.2) is 18.7 Å². The van der Waals surface area contributed by atoms with Gasteiger partial charge in [0, 0.05) is 15.1 Å². The smallest absolute Gasteiger partial charge is 0.277 e. The molecule has 7 heteroatoms. The molecule has 0 fully saturated rings. The van der Waals surface area contributed by atoms with Gasteiger partial charge in [0.25, 0.3) is 5.91 Å². The summed E-state index contributed by atoms with van der Waals surface area (Å²) in [6.07, 6.45) is 1.54. The molecule has 0 saturated carbocycles. The molecule has 0 aliphatic heterocycles. The largest absolute Gasteiger partial charge is 0.488 e. The second-order valence-corrected chi connectivity index (χ2v) is 7.35. The van der Waals surface area contributed by atoms with Crippen molar-refractivity contribution in [3.63, 3.8) is 0 Å². The molecule has 5 nitrogen and oxygen atoms in total. The second kappa shape index (κ2) is 10.6. The van der Waals surface area contributed by atoms with Gasteiger partial charge in [-0.15, -0.1) is 0 Å². The van der Waals surface area contributed by atoms with Crippen molar-refractivity contribution in [2.24, 2.45) is 5.10 Å². The summed E-state index contributed by atoms with van der Waals surface area (Å²) < 4.78 is 12.3. The fourth-order valence-corrected chi connectivity index (χ4v) is 3.05. The first kappa shape index (κ1) is 20.9. The average Bonchev–Trinajstić information content (AvgIpc) is 2.72. The predicted octanol–water partition coefficient (Wildman–Crippen LogP) is 5.21. The summed E-state index contributed by atoms with van der Waals surface area (Å²) in [4.78, 5) is 11.9. The van der Waals surface area contributed by atoms with Crippen molar-refractivity contribution in [1.29, 1.82) is 0 Å². The van der Waals surface area contributed by atoms with Gasteiger partial charge in [-0.25, -0.2) is 5.43 Å². The number of halogens is 2. The van der Waals surface area contributed by atoms with E-state index in [4.69, 9.17) is 21.1 Å². The van der Waals surface area contributed by atoms with E-state index < -0.39 is 0 Å². The van der Waals surface area contributed by atoms with Crippen molar-refractivity contribution in [3.8, 4) is 11.5 Å². The van der Waals surface area contributed by atoms with E-state index in [9.17, 15) is 4.79 Å². The number of amides is 1. The third-order valence-corrected chi connectivity index (χ3v) is 4.49. The maximum absolute atomic E-state index is 11.9. The molecule has 1 amide bonds. The van der Waals surface area contributed by atoms with E-state index in [1.54, 1.807) is 24.3 Å². The van der Waals surface area contributed by atoms with Crippen LogP contribution in [0.5, 0.6) is 11.5 Å². The molecule has 0 saturated heterocycles. The summed E-state index contributed by atoms with van der Waals surface area (Å²) in [6, 6.07) is 22.2. The van der Waals surface area contributed by atoms with Crippen LogP contribution >= 0.6 is 27.5 Å². The first-order valence-corrected chi connectivity index (χ1v) is 9.94. The number of hydrogen-bond acceptors (Lipinski definition) is 4. The lowest BCUT2D eigenvalue weighted by atomic mass is 10.2. The van der Waals surface area contributed by atoms with E-state index in [1.165, 1.54) is 6.21 Å². The quantitative estimate of drug-likeness (QED) is 0.361. The number of hydrogen-bond donors (Lipinski definition) is 1. The zero-order valence-electron chi connectivity index (χ0n) is 15.3.